The van der Waals surface area contributed by atoms with E-state index in [9.17, 15) is 9.59 Å². The van der Waals surface area contributed by atoms with Crippen molar-refractivity contribution >= 4 is 44.3 Å². The zero-order valence-electron chi connectivity index (χ0n) is 14.5. The molecule has 0 aliphatic carbocycles. The Morgan fingerprint density at radius 2 is 1.78 bits per heavy atom. The predicted molar refractivity (Wildman–Crippen MR) is 106 cm³/mol. The van der Waals surface area contributed by atoms with E-state index in [4.69, 9.17) is 0 Å². The van der Waals surface area contributed by atoms with Crippen LogP contribution >= 0.6 is 11.3 Å². The molecule has 4 aromatic rings. The van der Waals surface area contributed by atoms with E-state index in [1.807, 2.05) is 54.7 Å². The molecule has 2 aromatic carbocycles. The largest absolute Gasteiger partial charge is 0.361 e. The van der Waals surface area contributed by atoms with Crippen molar-refractivity contribution in [3.63, 3.8) is 0 Å². The van der Waals surface area contributed by atoms with Crippen LogP contribution in [0.1, 0.15) is 17.0 Å². The van der Waals surface area contributed by atoms with Gasteiger partial charge in [-0.05, 0) is 23.8 Å². The zero-order valence-corrected chi connectivity index (χ0v) is 15.3. The maximum Gasteiger partial charge on any atom is 0.242 e. The number of hydrogen-bond acceptors (Lipinski definition) is 4. The third kappa shape index (κ3) is 3.98. The molecule has 4 rings (SSSR count). The number of hydrazine groups is 1. The Bertz CT molecular complexity index is 1080. The minimum absolute atomic E-state index is 0.197. The molecule has 0 aliphatic rings. The van der Waals surface area contributed by atoms with Gasteiger partial charge in [-0.15, -0.1) is 11.3 Å². The maximum absolute atomic E-state index is 12.1. The lowest BCUT2D eigenvalue weighted by atomic mass is 10.1. The number of rotatable bonds is 5. The van der Waals surface area contributed by atoms with Crippen LogP contribution in [-0.2, 0) is 22.4 Å². The van der Waals surface area contributed by atoms with Crippen LogP contribution < -0.4 is 10.9 Å². The summed E-state index contributed by atoms with van der Waals surface area (Å²) < 4.78 is 1.11. The Balaban J connectivity index is 1.26. The number of hydrogen-bond donors (Lipinski definition) is 3. The topological polar surface area (TPSA) is 86.9 Å². The van der Waals surface area contributed by atoms with Crippen molar-refractivity contribution in [1.82, 2.24) is 20.8 Å². The van der Waals surface area contributed by atoms with Crippen LogP contribution in [0.25, 0.3) is 21.1 Å². The highest BCUT2D eigenvalue weighted by Gasteiger charge is 2.10. The molecule has 0 aliphatic heterocycles. The number of nitrogens with zero attached hydrogens (tertiary/aromatic N) is 1. The maximum atomic E-state index is 12.1. The van der Waals surface area contributed by atoms with Crippen LogP contribution in [0.3, 0.4) is 0 Å². The SMILES string of the molecule is O=C(CCc1nc2ccccc2s1)NNC(=O)Cc1c[nH]c2ccccc12. The molecule has 3 N–H and O–H groups in total. The van der Waals surface area contributed by atoms with Crippen molar-refractivity contribution in [1.29, 1.82) is 0 Å². The molecule has 0 spiro atoms. The summed E-state index contributed by atoms with van der Waals surface area (Å²) in [7, 11) is 0. The highest BCUT2D eigenvalue weighted by molar-refractivity contribution is 7.18. The minimum Gasteiger partial charge on any atom is -0.361 e. The molecule has 7 heteroatoms. The lowest BCUT2D eigenvalue weighted by Crippen LogP contribution is -2.42. The number of para-hydroxylation sites is 2. The number of benzene rings is 2. The molecule has 0 saturated carbocycles. The first-order valence-corrected chi connectivity index (χ1v) is 9.48. The molecule has 6 nitrogen and oxygen atoms in total. The fourth-order valence-corrected chi connectivity index (χ4v) is 3.91. The number of amides is 2. The Labute approximate surface area is 159 Å². The first-order chi connectivity index (χ1) is 13.2. The number of carbonyl (C=O) groups excluding carboxylic acids is 2. The van der Waals surface area contributed by atoms with Crippen molar-refractivity contribution in [2.75, 3.05) is 0 Å². The van der Waals surface area contributed by atoms with Crippen molar-refractivity contribution in [3.05, 3.63) is 65.3 Å². The Hall–Kier alpha value is -3.19. The Kier molecular flexibility index (Phi) is 4.84. The van der Waals surface area contributed by atoms with Gasteiger partial charge in [0.15, 0.2) is 0 Å². The average Bonchev–Trinajstić information content (AvgIpc) is 3.28. The fourth-order valence-electron chi connectivity index (χ4n) is 2.94. The van der Waals surface area contributed by atoms with Gasteiger partial charge in [-0.2, -0.15) is 0 Å². The fraction of sp³-hybridized carbons (Fsp3) is 0.150. The molecule has 136 valence electrons. The molecule has 0 unspecified atom stereocenters. The van der Waals surface area contributed by atoms with E-state index in [0.717, 1.165) is 31.7 Å². The Morgan fingerprint density at radius 3 is 2.67 bits per heavy atom. The number of H-pyrrole nitrogens is 1. The van der Waals surface area contributed by atoms with Crippen LogP contribution in [0.5, 0.6) is 0 Å². The molecular formula is C20H18N4O2S. The monoisotopic (exact) mass is 378 g/mol. The quantitative estimate of drug-likeness (QED) is 0.466. The van der Waals surface area contributed by atoms with Gasteiger partial charge < -0.3 is 4.98 Å². The van der Waals surface area contributed by atoms with E-state index in [1.54, 1.807) is 11.3 Å². The van der Waals surface area contributed by atoms with Crippen LogP contribution in [0.4, 0.5) is 0 Å². The molecule has 0 saturated heterocycles. The van der Waals surface area contributed by atoms with Crippen molar-refractivity contribution < 1.29 is 9.59 Å². The van der Waals surface area contributed by atoms with Gasteiger partial charge in [-0.1, -0.05) is 30.3 Å². The second kappa shape index (κ2) is 7.59. The van der Waals surface area contributed by atoms with E-state index in [1.165, 1.54) is 0 Å². The normalized spacial score (nSPS) is 11.0. The lowest BCUT2D eigenvalue weighted by Gasteiger charge is -2.06. The average molecular weight is 378 g/mol. The van der Waals surface area contributed by atoms with Gasteiger partial charge in [0.1, 0.15) is 0 Å². The van der Waals surface area contributed by atoms with E-state index in [2.05, 4.69) is 20.8 Å². The number of aromatic nitrogens is 2. The third-order valence-electron chi connectivity index (χ3n) is 4.27. The van der Waals surface area contributed by atoms with E-state index in [-0.39, 0.29) is 24.7 Å². The van der Waals surface area contributed by atoms with Crippen LogP contribution in [-0.4, -0.2) is 21.8 Å². The highest BCUT2D eigenvalue weighted by atomic mass is 32.1. The van der Waals surface area contributed by atoms with Crippen LogP contribution in [0, 0.1) is 0 Å². The number of nitrogens with one attached hydrogen (secondary N) is 3. The second-order valence-corrected chi connectivity index (χ2v) is 7.32. The Morgan fingerprint density at radius 1 is 1.00 bits per heavy atom. The van der Waals surface area contributed by atoms with E-state index >= 15 is 0 Å². The summed E-state index contributed by atoms with van der Waals surface area (Å²) in [6, 6.07) is 15.7. The van der Waals surface area contributed by atoms with Crippen molar-refractivity contribution in [2.24, 2.45) is 0 Å². The number of thiazole rings is 1. The molecule has 27 heavy (non-hydrogen) atoms. The molecule has 0 atom stereocenters. The number of fused-ring (bicyclic) bond motifs is 2. The predicted octanol–water partition coefficient (Wildman–Crippen LogP) is 3.10. The van der Waals surface area contributed by atoms with Gasteiger partial charge in [0, 0.05) is 29.9 Å². The second-order valence-electron chi connectivity index (χ2n) is 6.21. The first kappa shape index (κ1) is 17.2. The smallest absolute Gasteiger partial charge is 0.242 e. The first-order valence-electron chi connectivity index (χ1n) is 8.66. The standard InChI is InChI=1S/C20H18N4O2S/c25-18(9-10-20-22-16-7-3-4-8-17(16)27-20)23-24-19(26)11-13-12-21-15-6-2-1-5-14(13)15/h1-8,12,21H,9-11H2,(H,23,25)(H,24,26). The van der Waals surface area contributed by atoms with Crippen molar-refractivity contribution in [2.45, 2.75) is 19.3 Å². The van der Waals surface area contributed by atoms with Crippen molar-refractivity contribution in [3.8, 4) is 0 Å². The summed E-state index contributed by atoms with van der Waals surface area (Å²) in [6.45, 7) is 0. The molecule has 2 aromatic heterocycles. The number of aromatic amines is 1. The molecule has 2 heterocycles. The number of carbonyl (C=O) groups is 2. The summed E-state index contributed by atoms with van der Waals surface area (Å²) in [4.78, 5) is 31.7. The summed E-state index contributed by atoms with van der Waals surface area (Å²) in [5.41, 5.74) is 7.78. The zero-order chi connectivity index (χ0) is 18.6. The number of aryl methyl sites for hydroxylation is 1. The van der Waals surface area contributed by atoms with E-state index in [0.29, 0.717) is 6.42 Å². The van der Waals surface area contributed by atoms with Gasteiger partial charge in [0.2, 0.25) is 11.8 Å². The summed E-state index contributed by atoms with van der Waals surface area (Å²) in [5.74, 6) is -0.491. The van der Waals surface area contributed by atoms with Gasteiger partial charge in [-0.25, -0.2) is 4.98 Å². The van der Waals surface area contributed by atoms with Crippen LogP contribution in [0.2, 0.25) is 0 Å². The van der Waals surface area contributed by atoms with Gasteiger partial charge >= 0.3 is 0 Å². The molecule has 2 amide bonds. The summed E-state index contributed by atoms with van der Waals surface area (Å²) in [5, 5.41) is 1.92. The molecule has 0 fully saturated rings. The van der Waals surface area contributed by atoms with Gasteiger partial charge in [0.05, 0.1) is 21.6 Å². The minimum atomic E-state index is -0.256. The lowest BCUT2D eigenvalue weighted by molar-refractivity contribution is -0.128. The van der Waals surface area contributed by atoms with Crippen LogP contribution in [0.15, 0.2) is 54.7 Å². The molecular weight excluding hydrogens is 360 g/mol. The summed E-state index contributed by atoms with van der Waals surface area (Å²) >= 11 is 1.59. The van der Waals surface area contributed by atoms with Gasteiger partial charge in [-0.3, -0.25) is 20.4 Å². The third-order valence-corrected chi connectivity index (χ3v) is 5.37. The molecule has 0 radical (unpaired) electrons. The molecule has 0 bridgehead atoms. The highest BCUT2D eigenvalue weighted by Crippen LogP contribution is 2.22. The van der Waals surface area contributed by atoms with Gasteiger partial charge in [0.25, 0.3) is 0 Å². The summed E-state index contributed by atoms with van der Waals surface area (Å²) in [6.07, 6.45) is 2.83. The van der Waals surface area contributed by atoms with E-state index < -0.39 is 0 Å².